The molecular formula is C14H25NS. The number of hydrogen-bond donors (Lipinski definition) is 0. The molecule has 2 atom stereocenters. The van der Waals surface area contributed by atoms with Crippen molar-refractivity contribution in [1.82, 2.24) is 0 Å². The first kappa shape index (κ1) is 13.9. The van der Waals surface area contributed by atoms with Crippen LogP contribution < -0.4 is 0 Å². The molecule has 0 aromatic rings. The van der Waals surface area contributed by atoms with Crippen molar-refractivity contribution >= 4 is 11.8 Å². The highest BCUT2D eigenvalue weighted by Crippen LogP contribution is 2.33. The van der Waals surface area contributed by atoms with Gasteiger partial charge in [0.05, 0.1) is 11.5 Å². The van der Waals surface area contributed by atoms with Crippen LogP contribution in [0.15, 0.2) is 0 Å². The predicted molar refractivity (Wildman–Crippen MR) is 72.5 cm³/mol. The number of thioether (sulfide) groups is 1. The number of rotatable bonds is 5. The molecular weight excluding hydrogens is 214 g/mol. The highest BCUT2D eigenvalue weighted by atomic mass is 32.2. The fourth-order valence-corrected chi connectivity index (χ4v) is 3.79. The van der Waals surface area contributed by atoms with Gasteiger partial charge >= 0.3 is 0 Å². The van der Waals surface area contributed by atoms with Gasteiger partial charge in [0.15, 0.2) is 0 Å². The van der Waals surface area contributed by atoms with Gasteiger partial charge in [-0.05, 0) is 51.2 Å². The van der Waals surface area contributed by atoms with Crippen LogP contribution in [-0.4, -0.2) is 11.0 Å². The smallest absolute Gasteiger partial charge is 0.0683 e. The minimum Gasteiger partial charge on any atom is -0.198 e. The van der Waals surface area contributed by atoms with E-state index < -0.39 is 0 Å². The quantitative estimate of drug-likeness (QED) is 0.653. The van der Waals surface area contributed by atoms with Gasteiger partial charge in [-0.25, -0.2) is 0 Å². The predicted octanol–water partition coefficient (Wildman–Crippen LogP) is 4.63. The van der Waals surface area contributed by atoms with Crippen LogP contribution in [-0.2, 0) is 0 Å². The van der Waals surface area contributed by atoms with E-state index in [1.54, 1.807) is 0 Å². The summed E-state index contributed by atoms with van der Waals surface area (Å²) in [6.07, 6.45) is 7.90. The van der Waals surface area contributed by atoms with Gasteiger partial charge in [0.1, 0.15) is 0 Å². The Bertz CT molecular complexity index is 242. The third kappa shape index (κ3) is 5.25. The summed E-state index contributed by atoms with van der Waals surface area (Å²) in [6, 6.07) is 2.38. The Morgan fingerprint density at radius 1 is 1.38 bits per heavy atom. The van der Waals surface area contributed by atoms with E-state index in [1.165, 1.54) is 37.9 Å². The maximum absolute atomic E-state index is 8.92. The Morgan fingerprint density at radius 2 is 2.12 bits per heavy atom. The summed E-state index contributed by atoms with van der Waals surface area (Å²) in [4.78, 5) is 0. The van der Waals surface area contributed by atoms with Crippen molar-refractivity contribution < 1.29 is 0 Å². The van der Waals surface area contributed by atoms with Crippen LogP contribution in [0, 0.1) is 22.7 Å². The average Bonchev–Trinajstić information content (AvgIpc) is 2.25. The van der Waals surface area contributed by atoms with Gasteiger partial charge < -0.3 is 0 Å². The van der Waals surface area contributed by atoms with Crippen molar-refractivity contribution in [2.75, 3.05) is 5.75 Å². The van der Waals surface area contributed by atoms with Crippen molar-refractivity contribution in [2.45, 2.75) is 64.5 Å². The van der Waals surface area contributed by atoms with Crippen LogP contribution in [0.25, 0.3) is 0 Å². The summed E-state index contributed by atoms with van der Waals surface area (Å²) in [7, 11) is 0. The first-order valence-electron chi connectivity index (χ1n) is 6.56. The van der Waals surface area contributed by atoms with E-state index in [4.69, 9.17) is 5.26 Å². The molecule has 2 unspecified atom stereocenters. The molecule has 0 aliphatic heterocycles. The second kappa shape index (κ2) is 6.55. The van der Waals surface area contributed by atoms with Gasteiger partial charge in [-0.2, -0.15) is 17.0 Å². The number of nitrogens with zero attached hydrogens (tertiary/aromatic N) is 1. The number of nitriles is 1. The molecule has 0 aromatic carbocycles. The van der Waals surface area contributed by atoms with Crippen LogP contribution in [0.4, 0.5) is 0 Å². The van der Waals surface area contributed by atoms with Gasteiger partial charge in [-0.1, -0.05) is 19.8 Å². The molecule has 1 nitrogen and oxygen atoms in total. The highest BCUT2D eigenvalue weighted by Gasteiger charge is 2.20. The highest BCUT2D eigenvalue weighted by molar-refractivity contribution is 7.99. The second-order valence-electron chi connectivity index (χ2n) is 5.86. The van der Waals surface area contributed by atoms with Crippen LogP contribution in [0.1, 0.15) is 59.3 Å². The Morgan fingerprint density at radius 3 is 2.75 bits per heavy atom. The molecule has 0 amide bonds. The van der Waals surface area contributed by atoms with Crippen LogP contribution in [0.3, 0.4) is 0 Å². The van der Waals surface area contributed by atoms with E-state index >= 15 is 0 Å². The molecule has 0 heterocycles. The van der Waals surface area contributed by atoms with Crippen LogP contribution in [0.5, 0.6) is 0 Å². The van der Waals surface area contributed by atoms with E-state index in [1.807, 2.05) is 13.8 Å². The van der Waals surface area contributed by atoms with E-state index in [2.05, 4.69) is 24.8 Å². The van der Waals surface area contributed by atoms with E-state index in [-0.39, 0.29) is 5.41 Å². The summed E-state index contributed by atoms with van der Waals surface area (Å²) >= 11 is 2.14. The Hall–Kier alpha value is -0.160. The first-order valence-corrected chi connectivity index (χ1v) is 7.61. The monoisotopic (exact) mass is 239 g/mol. The van der Waals surface area contributed by atoms with Crippen LogP contribution >= 0.6 is 11.8 Å². The lowest BCUT2D eigenvalue weighted by Gasteiger charge is -2.26. The minimum atomic E-state index is -0.125. The van der Waals surface area contributed by atoms with E-state index in [0.717, 1.165) is 17.6 Å². The summed E-state index contributed by atoms with van der Waals surface area (Å²) in [6.45, 7) is 6.46. The Labute approximate surface area is 105 Å². The van der Waals surface area contributed by atoms with Gasteiger partial charge in [0, 0.05) is 5.25 Å². The second-order valence-corrected chi connectivity index (χ2v) is 7.27. The third-order valence-electron chi connectivity index (χ3n) is 3.49. The maximum Gasteiger partial charge on any atom is 0.0683 e. The summed E-state index contributed by atoms with van der Waals surface area (Å²) in [5, 5.41) is 9.82. The van der Waals surface area contributed by atoms with Gasteiger partial charge in [-0.3, -0.25) is 0 Å². The lowest BCUT2D eigenvalue weighted by Crippen LogP contribution is -2.16. The van der Waals surface area contributed by atoms with Gasteiger partial charge in [-0.15, -0.1) is 0 Å². The Kier molecular flexibility index (Phi) is 5.69. The zero-order valence-electron chi connectivity index (χ0n) is 11.0. The normalized spacial score (nSPS) is 26.4. The van der Waals surface area contributed by atoms with Gasteiger partial charge in [0.25, 0.3) is 0 Å². The van der Waals surface area contributed by atoms with Crippen molar-refractivity contribution in [3.05, 3.63) is 0 Å². The van der Waals surface area contributed by atoms with Gasteiger partial charge in [0.2, 0.25) is 0 Å². The average molecular weight is 239 g/mol. The standard InChI is InChI=1S/C14H25NS/c1-12-6-4-7-13(10-12)16-9-5-8-14(2,3)11-15/h12-13H,4-10H2,1-3H3. The molecule has 0 spiro atoms. The molecule has 2 heteroatoms. The molecule has 16 heavy (non-hydrogen) atoms. The molecule has 1 aliphatic rings. The van der Waals surface area contributed by atoms with Crippen LogP contribution in [0.2, 0.25) is 0 Å². The molecule has 0 saturated heterocycles. The fraction of sp³-hybridized carbons (Fsp3) is 0.929. The Balaban J connectivity index is 2.09. The van der Waals surface area contributed by atoms with E-state index in [0.29, 0.717) is 0 Å². The molecule has 0 bridgehead atoms. The number of hydrogen-bond acceptors (Lipinski definition) is 2. The molecule has 1 fully saturated rings. The largest absolute Gasteiger partial charge is 0.198 e. The summed E-state index contributed by atoms with van der Waals surface area (Å²) in [5.74, 6) is 2.17. The SMILES string of the molecule is CC1CCCC(SCCCC(C)(C)C#N)C1. The third-order valence-corrected chi connectivity index (χ3v) is 4.91. The summed E-state index contributed by atoms with van der Waals surface area (Å²) < 4.78 is 0. The molecule has 0 N–H and O–H groups in total. The minimum absolute atomic E-state index is 0.125. The molecule has 0 aromatic heterocycles. The molecule has 0 radical (unpaired) electrons. The van der Waals surface area contributed by atoms with Crippen molar-refractivity contribution in [3.8, 4) is 6.07 Å². The zero-order chi connectivity index (χ0) is 12.0. The summed E-state index contributed by atoms with van der Waals surface area (Å²) in [5.41, 5.74) is -0.125. The molecule has 1 rings (SSSR count). The molecule has 1 aliphatic carbocycles. The molecule has 1 saturated carbocycles. The molecule has 92 valence electrons. The van der Waals surface area contributed by atoms with Crippen molar-refractivity contribution in [2.24, 2.45) is 11.3 Å². The van der Waals surface area contributed by atoms with E-state index in [9.17, 15) is 0 Å². The maximum atomic E-state index is 8.92. The first-order chi connectivity index (χ1) is 7.53. The zero-order valence-corrected chi connectivity index (χ0v) is 11.8. The van der Waals surface area contributed by atoms with Crippen molar-refractivity contribution in [1.29, 1.82) is 5.26 Å². The lowest BCUT2D eigenvalue weighted by molar-refractivity contribution is 0.393. The lowest BCUT2D eigenvalue weighted by atomic mass is 9.90. The van der Waals surface area contributed by atoms with Crippen molar-refractivity contribution in [3.63, 3.8) is 0 Å². The fourth-order valence-electron chi connectivity index (χ4n) is 2.35. The topological polar surface area (TPSA) is 23.8 Å².